The highest BCUT2D eigenvalue weighted by molar-refractivity contribution is 5.92. The lowest BCUT2D eigenvalue weighted by Gasteiger charge is -2.31. The summed E-state index contributed by atoms with van der Waals surface area (Å²) in [5.41, 5.74) is 0.325. The monoisotopic (exact) mass is 574 g/mol. The largest absolute Gasteiger partial charge is 0.483 e. The third kappa shape index (κ3) is 12.5. The van der Waals surface area contributed by atoms with E-state index in [1.807, 2.05) is 39.8 Å². The van der Waals surface area contributed by atoms with Gasteiger partial charge in [0.25, 0.3) is 0 Å². The van der Waals surface area contributed by atoms with Gasteiger partial charge in [0.1, 0.15) is 11.9 Å². The standard InChI is InChI=1S/C33H51FN2O5/c1-21(2)18-29(32(39)40-10)41-26(7)33(8,9)20-35-31(38)25(6)36-30(37)17-12-11-14-22(3)23(4)24(5)27-15-13-16-28(34)19-27/h12-13,15-17,19,21-25,29H,7,11,14,18,20H2,1-6,8-10H3,(H,35,38)(H,36,37)/b17-12+/t22?,23-,24?,25?,29?/m1/s1. The first-order chi connectivity index (χ1) is 19.1. The second kappa shape index (κ2) is 16.9. The molecule has 0 saturated heterocycles. The highest BCUT2D eigenvalue weighted by atomic mass is 19.1. The molecule has 4 unspecified atom stereocenters. The molecule has 230 valence electrons. The number of benzene rings is 1. The van der Waals surface area contributed by atoms with E-state index >= 15 is 0 Å². The van der Waals surface area contributed by atoms with Crippen molar-refractivity contribution in [3.8, 4) is 0 Å². The topological polar surface area (TPSA) is 93.7 Å². The zero-order chi connectivity index (χ0) is 31.3. The van der Waals surface area contributed by atoms with Crippen molar-refractivity contribution in [1.82, 2.24) is 10.6 Å². The van der Waals surface area contributed by atoms with Crippen LogP contribution in [0.1, 0.15) is 86.1 Å². The number of rotatable bonds is 17. The molecule has 2 amide bonds. The number of hydrogen-bond acceptors (Lipinski definition) is 5. The first kappa shape index (κ1) is 35.9. The van der Waals surface area contributed by atoms with E-state index in [0.29, 0.717) is 24.0 Å². The van der Waals surface area contributed by atoms with E-state index in [4.69, 9.17) is 9.47 Å². The highest BCUT2D eigenvalue weighted by Gasteiger charge is 2.31. The van der Waals surface area contributed by atoms with Gasteiger partial charge in [-0.25, -0.2) is 9.18 Å². The fourth-order valence-electron chi connectivity index (χ4n) is 4.37. The number of hydrogen-bond donors (Lipinski definition) is 2. The van der Waals surface area contributed by atoms with E-state index in [0.717, 1.165) is 18.4 Å². The predicted molar refractivity (Wildman–Crippen MR) is 161 cm³/mol. The minimum absolute atomic E-state index is 0.209. The van der Waals surface area contributed by atoms with Crippen molar-refractivity contribution in [2.75, 3.05) is 13.7 Å². The average molecular weight is 575 g/mol. The Labute approximate surface area is 246 Å². The summed E-state index contributed by atoms with van der Waals surface area (Å²) in [5, 5.41) is 5.52. The van der Waals surface area contributed by atoms with Crippen LogP contribution in [0, 0.1) is 29.0 Å². The number of amides is 2. The molecule has 41 heavy (non-hydrogen) atoms. The maximum atomic E-state index is 13.6. The zero-order valence-electron chi connectivity index (χ0n) is 26.4. The van der Waals surface area contributed by atoms with Crippen LogP contribution in [0.25, 0.3) is 0 Å². The van der Waals surface area contributed by atoms with Crippen molar-refractivity contribution in [3.05, 3.63) is 60.1 Å². The molecule has 0 radical (unpaired) electrons. The van der Waals surface area contributed by atoms with Crippen LogP contribution in [-0.2, 0) is 23.9 Å². The van der Waals surface area contributed by atoms with Gasteiger partial charge in [-0.3, -0.25) is 9.59 Å². The molecular formula is C33H51FN2O5. The predicted octanol–water partition coefficient (Wildman–Crippen LogP) is 6.30. The zero-order valence-corrected chi connectivity index (χ0v) is 26.4. The summed E-state index contributed by atoms with van der Waals surface area (Å²) < 4.78 is 24.3. The quantitative estimate of drug-likeness (QED) is 0.129. The Morgan fingerprint density at radius 2 is 1.76 bits per heavy atom. The van der Waals surface area contributed by atoms with Crippen LogP contribution in [-0.4, -0.2) is 43.6 Å². The molecule has 0 aliphatic rings. The normalized spacial score (nSPS) is 15.5. The summed E-state index contributed by atoms with van der Waals surface area (Å²) in [5.74, 6) is 0.146. The third-order valence-electron chi connectivity index (χ3n) is 7.76. The summed E-state index contributed by atoms with van der Waals surface area (Å²) in [6.07, 6.45) is 4.59. The van der Waals surface area contributed by atoms with Gasteiger partial charge < -0.3 is 20.1 Å². The lowest BCUT2D eigenvalue weighted by atomic mass is 9.79. The molecule has 0 spiro atoms. The van der Waals surface area contributed by atoms with Gasteiger partial charge in [-0.15, -0.1) is 0 Å². The van der Waals surface area contributed by atoms with E-state index in [2.05, 4.69) is 38.0 Å². The number of allylic oxidation sites excluding steroid dienone is 1. The Balaban J connectivity index is 2.51. The molecule has 0 saturated carbocycles. The molecule has 8 heteroatoms. The molecule has 0 fully saturated rings. The Bertz CT molecular complexity index is 1050. The summed E-state index contributed by atoms with van der Waals surface area (Å²) in [4.78, 5) is 37.1. The van der Waals surface area contributed by atoms with Crippen molar-refractivity contribution in [2.24, 2.45) is 23.2 Å². The molecule has 0 heterocycles. The molecule has 0 aromatic heterocycles. The van der Waals surface area contributed by atoms with E-state index in [-0.39, 0.29) is 36.0 Å². The first-order valence-electron chi connectivity index (χ1n) is 14.5. The van der Waals surface area contributed by atoms with Crippen LogP contribution in [0.5, 0.6) is 0 Å². The summed E-state index contributed by atoms with van der Waals surface area (Å²) >= 11 is 0. The molecule has 7 nitrogen and oxygen atoms in total. The van der Waals surface area contributed by atoms with Crippen molar-refractivity contribution >= 4 is 17.8 Å². The van der Waals surface area contributed by atoms with Gasteiger partial charge in [0.05, 0.1) is 12.9 Å². The van der Waals surface area contributed by atoms with Crippen LogP contribution in [0.15, 0.2) is 48.8 Å². The fourth-order valence-corrected chi connectivity index (χ4v) is 4.37. The fraction of sp³-hybridized carbons (Fsp3) is 0.606. The minimum atomic E-state index is -0.768. The van der Waals surface area contributed by atoms with Gasteiger partial charge in [-0.05, 0) is 73.6 Å². The minimum Gasteiger partial charge on any atom is -0.483 e. The van der Waals surface area contributed by atoms with Gasteiger partial charge in [0.15, 0.2) is 6.10 Å². The Hall–Kier alpha value is -3.16. The Morgan fingerprint density at radius 1 is 1.10 bits per heavy atom. The molecule has 2 N–H and O–H groups in total. The Kier molecular flexibility index (Phi) is 14.8. The van der Waals surface area contributed by atoms with Crippen LogP contribution < -0.4 is 10.6 Å². The molecule has 0 aliphatic carbocycles. The van der Waals surface area contributed by atoms with E-state index < -0.39 is 23.5 Å². The van der Waals surface area contributed by atoms with Gasteiger partial charge in [-0.1, -0.05) is 73.3 Å². The van der Waals surface area contributed by atoms with Gasteiger partial charge >= 0.3 is 5.97 Å². The summed E-state index contributed by atoms with van der Waals surface area (Å²) in [6, 6.07) is 6.00. The smallest absolute Gasteiger partial charge is 0.347 e. The highest BCUT2D eigenvalue weighted by Crippen LogP contribution is 2.32. The van der Waals surface area contributed by atoms with Crippen molar-refractivity contribution in [2.45, 2.75) is 92.7 Å². The molecule has 1 aromatic rings. The summed E-state index contributed by atoms with van der Waals surface area (Å²) in [7, 11) is 1.32. The van der Waals surface area contributed by atoms with Crippen molar-refractivity contribution in [3.63, 3.8) is 0 Å². The molecule has 1 aromatic carbocycles. The van der Waals surface area contributed by atoms with Crippen LogP contribution in [0.4, 0.5) is 4.39 Å². The molecule has 0 aliphatic heterocycles. The van der Waals surface area contributed by atoms with Gasteiger partial charge in [-0.2, -0.15) is 0 Å². The van der Waals surface area contributed by atoms with Gasteiger partial charge in [0, 0.05) is 12.0 Å². The molecule has 0 bridgehead atoms. The van der Waals surface area contributed by atoms with Crippen molar-refractivity contribution < 1.29 is 28.2 Å². The lowest BCUT2D eigenvalue weighted by molar-refractivity contribution is -0.153. The lowest BCUT2D eigenvalue weighted by Crippen LogP contribution is -2.47. The average Bonchev–Trinajstić information content (AvgIpc) is 2.91. The summed E-state index contributed by atoms with van der Waals surface area (Å²) in [6.45, 7) is 19.9. The molecular weight excluding hydrogens is 523 g/mol. The second-order valence-corrected chi connectivity index (χ2v) is 12.2. The third-order valence-corrected chi connectivity index (χ3v) is 7.76. The van der Waals surface area contributed by atoms with E-state index in [9.17, 15) is 18.8 Å². The van der Waals surface area contributed by atoms with Crippen LogP contribution in [0.3, 0.4) is 0 Å². The first-order valence-corrected chi connectivity index (χ1v) is 14.5. The number of esters is 1. The number of nitrogens with one attached hydrogen (secondary N) is 2. The SMILES string of the molecule is C=C(OC(CC(C)C)C(=O)OC)C(C)(C)CNC(=O)C(C)NC(=O)/C=C/CCC(C)[C@@H](C)C(C)c1cccc(F)c1. The van der Waals surface area contributed by atoms with E-state index in [1.165, 1.54) is 19.3 Å². The number of ether oxygens (including phenoxy) is 2. The van der Waals surface area contributed by atoms with Crippen LogP contribution >= 0.6 is 0 Å². The number of carbonyl (C=O) groups excluding carboxylic acids is 3. The number of halogens is 1. The van der Waals surface area contributed by atoms with Crippen LogP contribution in [0.2, 0.25) is 0 Å². The molecule has 1 rings (SSSR count). The molecule has 5 atom stereocenters. The number of carbonyl (C=O) groups is 3. The maximum Gasteiger partial charge on any atom is 0.347 e. The Morgan fingerprint density at radius 3 is 2.34 bits per heavy atom. The second-order valence-electron chi connectivity index (χ2n) is 12.2. The van der Waals surface area contributed by atoms with Crippen molar-refractivity contribution in [1.29, 1.82) is 0 Å². The van der Waals surface area contributed by atoms with E-state index in [1.54, 1.807) is 19.1 Å². The maximum absolute atomic E-state index is 13.6. The van der Waals surface area contributed by atoms with Gasteiger partial charge in [0.2, 0.25) is 11.8 Å². The number of methoxy groups -OCH3 is 1.